The van der Waals surface area contributed by atoms with Gasteiger partial charge in [0.2, 0.25) is 5.91 Å². The third kappa shape index (κ3) is 4.07. The monoisotopic (exact) mass is 392 g/mol. The predicted molar refractivity (Wildman–Crippen MR) is 115 cm³/mol. The summed E-state index contributed by atoms with van der Waals surface area (Å²) in [6.45, 7) is 6.87. The quantitative estimate of drug-likeness (QED) is 0.556. The number of nitrogens with zero attached hydrogens (tertiary/aromatic N) is 2. The number of hydrogen-bond donors (Lipinski definition) is 0. The first-order valence-electron chi connectivity index (χ1n) is 10.7. The number of likely N-dealkylation sites (tertiary alicyclic amines) is 1. The van der Waals surface area contributed by atoms with Crippen molar-refractivity contribution in [3.8, 4) is 0 Å². The zero-order valence-electron chi connectivity index (χ0n) is 17.3. The largest absolute Gasteiger partial charge is 0.347 e. The van der Waals surface area contributed by atoms with Gasteiger partial charge in [-0.15, -0.1) is 0 Å². The van der Waals surface area contributed by atoms with Crippen molar-refractivity contribution in [1.82, 2.24) is 9.47 Å². The molecule has 4 heteroatoms. The smallest absolute Gasteiger partial charge is 0.223 e. The van der Waals surface area contributed by atoms with Gasteiger partial charge in [0.25, 0.3) is 0 Å². The molecule has 4 rings (SSSR count). The van der Waals surface area contributed by atoms with Gasteiger partial charge >= 0.3 is 0 Å². The average Bonchev–Trinajstić information content (AvgIpc) is 3.11. The Morgan fingerprint density at radius 2 is 1.90 bits per heavy atom. The lowest BCUT2D eigenvalue weighted by Gasteiger charge is -2.31. The van der Waals surface area contributed by atoms with Crippen LogP contribution in [0.1, 0.15) is 50.2 Å². The predicted octanol–water partition coefficient (Wildman–Crippen LogP) is 5.58. The average molecular weight is 393 g/mol. The van der Waals surface area contributed by atoms with Crippen LogP contribution in [0.4, 0.5) is 4.39 Å². The molecule has 1 unspecified atom stereocenters. The molecule has 1 atom stereocenters. The van der Waals surface area contributed by atoms with Gasteiger partial charge in [0, 0.05) is 49.1 Å². The van der Waals surface area contributed by atoms with Crippen molar-refractivity contribution in [3.05, 3.63) is 71.7 Å². The summed E-state index contributed by atoms with van der Waals surface area (Å²) in [5, 5.41) is 1.14. The van der Waals surface area contributed by atoms with Crippen LogP contribution in [0.2, 0.25) is 0 Å². The highest BCUT2D eigenvalue weighted by Crippen LogP contribution is 2.36. The summed E-state index contributed by atoms with van der Waals surface area (Å²) in [5.41, 5.74) is 3.13. The number of amides is 1. The van der Waals surface area contributed by atoms with Crippen molar-refractivity contribution in [2.45, 2.75) is 45.6 Å². The molecular weight excluding hydrogens is 363 g/mol. The molecule has 3 nitrogen and oxygen atoms in total. The number of carbonyl (C=O) groups is 1. The van der Waals surface area contributed by atoms with Crippen LogP contribution >= 0.6 is 0 Å². The minimum absolute atomic E-state index is 0.157. The van der Waals surface area contributed by atoms with Crippen molar-refractivity contribution < 1.29 is 9.18 Å². The maximum atomic E-state index is 14.1. The minimum Gasteiger partial charge on any atom is -0.347 e. The Labute approximate surface area is 172 Å². The molecule has 0 bridgehead atoms. The zero-order valence-corrected chi connectivity index (χ0v) is 17.3. The van der Waals surface area contributed by atoms with E-state index in [0.717, 1.165) is 54.5 Å². The summed E-state index contributed by atoms with van der Waals surface area (Å²) >= 11 is 0. The Kier molecular flexibility index (Phi) is 5.70. The van der Waals surface area contributed by atoms with Gasteiger partial charge < -0.3 is 9.47 Å². The number of aryl methyl sites for hydroxylation is 1. The lowest BCUT2D eigenvalue weighted by atomic mass is 9.87. The SMILES string of the molecule is CCn1cc(C(CC(=O)N2CCC(C)CC2)c2cccc(F)c2)c2ccccc21. The number of benzene rings is 2. The molecule has 0 spiro atoms. The fourth-order valence-corrected chi connectivity index (χ4v) is 4.51. The first-order valence-corrected chi connectivity index (χ1v) is 10.7. The lowest BCUT2D eigenvalue weighted by molar-refractivity contribution is -0.132. The van der Waals surface area contributed by atoms with E-state index in [0.29, 0.717) is 12.3 Å². The molecule has 29 heavy (non-hydrogen) atoms. The maximum Gasteiger partial charge on any atom is 0.223 e. The van der Waals surface area contributed by atoms with Crippen molar-refractivity contribution in [2.24, 2.45) is 5.92 Å². The highest BCUT2D eigenvalue weighted by molar-refractivity contribution is 5.86. The number of aromatic nitrogens is 1. The van der Waals surface area contributed by atoms with E-state index in [4.69, 9.17) is 0 Å². The van der Waals surface area contributed by atoms with Crippen LogP contribution in [0.5, 0.6) is 0 Å². The molecule has 1 aliphatic heterocycles. The molecule has 0 N–H and O–H groups in total. The number of piperidine rings is 1. The minimum atomic E-state index is -0.258. The number of carbonyl (C=O) groups excluding carboxylic acids is 1. The molecule has 0 radical (unpaired) electrons. The first kappa shape index (κ1) is 19.7. The van der Waals surface area contributed by atoms with Crippen molar-refractivity contribution in [3.63, 3.8) is 0 Å². The van der Waals surface area contributed by atoms with Gasteiger partial charge in [-0.3, -0.25) is 4.79 Å². The third-order valence-electron chi connectivity index (χ3n) is 6.30. The maximum absolute atomic E-state index is 14.1. The Bertz CT molecular complexity index is 1000. The van der Waals surface area contributed by atoms with Crippen LogP contribution < -0.4 is 0 Å². The van der Waals surface area contributed by atoms with E-state index in [-0.39, 0.29) is 17.6 Å². The molecule has 3 aromatic rings. The first-order chi connectivity index (χ1) is 14.1. The van der Waals surface area contributed by atoms with Gasteiger partial charge in [0.05, 0.1) is 0 Å². The third-order valence-corrected chi connectivity index (χ3v) is 6.30. The molecule has 2 aromatic carbocycles. The topological polar surface area (TPSA) is 25.2 Å². The van der Waals surface area contributed by atoms with Crippen LogP contribution in [0, 0.1) is 11.7 Å². The van der Waals surface area contributed by atoms with Gasteiger partial charge in [-0.2, -0.15) is 0 Å². The van der Waals surface area contributed by atoms with Gasteiger partial charge in [0.15, 0.2) is 0 Å². The van der Waals surface area contributed by atoms with Crippen LogP contribution in [-0.4, -0.2) is 28.5 Å². The van der Waals surface area contributed by atoms with E-state index >= 15 is 0 Å². The van der Waals surface area contributed by atoms with Crippen LogP contribution in [-0.2, 0) is 11.3 Å². The van der Waals surface area contributed by atoms with E-state index in [1.165, 1.54) is 6.07 Å². The van der Waals surface area contributed by atoms with Crippen molar-refractivity contribution >= 4 is 16.8 Å². The fraction of sp³-hybridized carbons (Fsp3) is 0.400. The highest BCUT2D eigenvalue weighted by Gasteiger charge is 2.27. The van der Waals surface area contributed by atoms with E-state index < -0.39 is 0 Å². The Morgan fingerprint density at radius 3 is 2.62 bits per heavy atom. The second kappa shape index (κ2) is 8.40. The summed E-state index contributed by atoms with van der Waals surface area (Å²) < 4.78 is 16.3. The van der Waals surface area contributed by atoms with Gasteiger partial charge in [-0.25, -0.2) is 4.39 Å². The highest BCUT2D eigenvalue weighted by atomic mass is 19.1. The molecule has 1 fully saturated rings. The molecule has 1 aliphatic rings. The molecule has 0 saturated carbocycles. The van der Waals surface area contributed by atoms with Crippen LogP contribution in [0.15, 0.2) is 54.7 Å². The van der Waals surface area contributed by atoms with E-state index in [9.17, 15) is 9.18 Å². The Morgan fingerprint density at radius 1 is 1.14 bits per heavy atom. The normalized spacial score (nSPS) is 16.3. The fourth-order valence-electron chi connectivity index (χ4n) is 4.51. The molecular formula is C25H29FN2O. The molecule has 1 aromatic heterocycles. The summed E-state index contributed by atoms with van der Waals surface area (Å²) in [7, 11) is 0. The van der Waals surface area contributed by atoms with Gasteiger partial charge in [0.1, 0.15) is 5.82 Å². The summed E-state index contributed by atoms with van der Waals surface area (Å²) in [6, 6.07) is 15.0. The van der Waals surface area contributed by atoms with Gasteiger partial charge in [-0.05, 0) is 55.0 Å². The number of halogens is 1. The second-order valence-corrected chi connectivity index (χ2v) is 8.26. The molecule has 1 saturated heterocycles. The van der Waals surface area contributed by atoms with E-state index in [1.54, 1.807) is 12.1 Å². The molecule has 152 valence electrons. The Balaban J connectivity index is 1.73. The van der Waals surface area contributed by atoms with Crippen LogP contribution in [0.25, 0.3) is 10.9 Å². The summed E-state index contributed by atoms with van der Waals surface area (Å²) in [6.07, 6.45) is 4.64. The summed E-state index contributed by atoms with van der Waals surface area (Å²) in [4.78, 5) is 15.2. The standard InChI is InChI=1S/C25H29FN2O/c1-3-27-17-23(21-9-4-5-10-24(21)27)22(19-7-6-8-20(26)15-19)16-25(29)28-13-11-18(2)12-14-28/h4-10,15,17-18,22H,3,11-14,16H2,1-2H3. The number of para-hydroxylation sites is 1. The Hall–Kier alpha value is -2.62. The molecule has 1 amide bonds. The zero-order chi connectivity index (χ0) is 20.4. The summed E-state index contributed by atoms with van der Waals surface area (Å²) in [5.74, 6) is 0.432. The van der Waals surface area contributed by atoms with E-state index in [2.05, 4.69) is 36.7 Å². The number of fused-ring (bicyclic) bond motifs is 1. The van der Waals surface area contributed by atoms with Crippen molar-refractivity contribution in [1.29, 1.82) is 0 Å². The molecule has 2 heterocycles. The lowest BCUT2D eigenvalue weighted by Crippen LogP contribution is -2.38. The van der Waals surface area contributed by atoms with Gasteiger partial charge in [-0.1, -0.05) is 37.3 Å². The second-order valence-electron chi connectivity index (χ2n) is 8.26. The van der Waals surface area contributed by atoms with Crippen molar-refractivity contribution in [2.75, 3.05) is 13.1 Å². The van der Waals surface area contributed by atoms with E-state index in [1.807, 2.05) is 23.1 Å². The molecule has 0 aliphatic carbocycles. The van der Waals surface area contributed by atoms with Crippen LogP contribution in [0.3, 0.4) is 0 Å². The number of rotatable bonds is 5. The number of hydrogen-bond acceptors (Lipinski definition) is 1.